The van der Waals surface area contributed by atoms with E-state index < -0.39 is 0 Å². The molecule has 3 nitrogen and oxygen atoms in total. The van der Waals surface area contributed by atoms with Crippen molar-refractivity contribution in [2.75, 3.05) is 19.6 Å². The van der Waals surface area contributed by atoms with Crippen LogP contribution in [0.3, 0.4) is 0 Å². The van der Waals surface area contributed by atoms with E-state index in [9.17, 15) is 0 Å². The highest BCUT2D eigenvalue weighted by Crippen LogP contribution is 2.18. The van der Waals surface area contributed by atoms with Crippen molar-refractivity contribution in [1.82, 2.24) is 14.5 Å². The van der Waals surface area contributed by atoms with Crippen molar-refractivity contribution in [3.8, 4) is 0 Å². The summed E-state index contributed by atoms with van der Waals surface area (Å²) in [7, 11) is 0. The Morgan fingerprint density at radius 3 is 2.78 bits per heavy atom. The summed E-state index contributed by atoms with van der Waals surface area (Å²) in [5, 5.41) is 0. The van der Waals surface area contributed by atoms with Crippen LogP contribution in [0.1, 0.15) is 18.4 Å². The fraction of sp³-hybridized carbons (Fsp3) is 0.500. The number of imidazole rings is 1. The second kappa shape index (κ2) is 4.86. The van der Waals surface area contributed by atoms with Gasteiger partial charge in [0.2, 0.25) is 0 Å². The molecule has 0 spiro atoms. The summed E-state index contributed by atoms with van der Waals surface area (Å²) in [6, 6.07) is 6.33. The zero-order chi connectivity index (χ0) is 12.5. The lowest BCUT2D eigenvalue weighted by molar-refractivity contribution is 0.323. The smallest absolute Gasteiger partial charge is 0.178 e. The van der Waals surface area contributed by atoms with Crippen LogP contribution in [0.2, 0.25) is 0 Å². The van der Waals surface area contributed by atoms with E-state index in [1.807, 2.05) is 0 Å². The van der Waals surface area contributed by atoms with Gasteiger partial charge in [-0.3, -0.25) is 0 Å². The molecular formula is C14H19N3S. The summed E-state index contributed by atoms with van der Waals surface area (Å²) in [5.74, 6) is 0. The molecule has 1 aromatic heterocycles. The number of benzene rings is 1. The molecule has 0 atom stereocenters. The molecule has 1 aliphatic rings. The molecule has 0 radical (unpaired) electrons. The third kappa shape index (κ3) is 2.10. The van der Waals surface area contributed by atoms with Crippen molar-refractivity contribution < 1.29 is 0 Å². The predicted molar refractivity (Wildman–Crippen MR) is 77.5 cm³/mol. The van der Waals surface area contributed by atoms with Crippen molar-refractivity contribution in [3.63, 3.8) is 0 Å². The van der Waals surface area contributed by atoms with Crippen LogP contribution in [0.5, 0.6) is 0 Å². The number of H-pyrrole nitrogens is 1. The third-order valence-corrected chi connectivity index (χ3v) is 4.16. The molecular weight excluding hydrogens is 242 g/mol. The first-order valence-electron chi connectivity index (χ1n) is 6.66. The van der Waals surface area contributed by atoms with Crippen LogP contribution in [-0.2, 0) is 6.54 Å². The van der Waals surface area contributed by atoms with Crippen molar-refractivity contribution in [3.05, 3.63) is 28.5 Å². The molecule has 96 valence electrons. The Labute approximate surface area is 112 Å². The number of aromatic amines is 1. The molecule has 0 bridgehead atoms. The van der Waals surface area contributed by atoms with Gasteiger partial charge in [0.05, 0.1) is 11.0 Å². The maximum atomic E-state index is 5.44. The minimum absolute atomic E-state index is 0.846. The van der Waals surface area contributed by atoms with E-state index in [1.54, 1.807) is 0 Å². The SMILES string of the molecule is Cc1cccc2[nH]c(=S)n(CCN3CCCC3)c12. The predicted octanol–water partition coefficient (Wildman–Crippen LogP) is 3.10. The molecule has 0 amide bonds. The molecule has 1 aliphatic heterocycles. The zero-order valence-electron chi connectivity index (χ0n) is 10.8. The first kappa shape index (κ1) is 11.9. The van der Waals surface area contributed by atoms with E-state index in [0.717, 1.165) is 23.4 Å². The number of likely N-dealkylation sites (tertiary alicyclic amines) is 1. The fourth-order valence-electron chi connectivity index (χ4n) is 2.86. The largest absolute Gasteiger partial charge is 0.331 e. The van der Waals surface area contributed by atoms with Crippen molar-refractivity contribution in [2.45, 2.75) is 26.3 Å². The molecule has 18 heavy (non-hydrogen) atoms. The Morgan fingerprint density at radius 1 is 1.22 bits per heavy atom. The first-order valence-corrected chi connectivity index (χ1v) is 7.07. The average Bonchev–Trinajstić information content (AvgIpc) is 2.94. The van der Waals surface area contributed by atoms with E-state index in [-0.39, 0.29) is 0 Å². The number of aromatic nitrogens is 2. The molecule has 3 rings (SSSR count). The Bertz CT molecular complexity index is 605. The Hall–Kier alpha value is -1.13. The Morgan fingerprint density at radius 2 is 2.00 bits per heavy atom. The number of hydrogen-bond donors (Lipinski definition) is 1. The minimum Gasteiger partial charge on any atom is -0.331 e. The monoisotopic (exact) mass is 261 g/mol. The molecule has 0 unspecified atom stereocenters. The maximum absolute atomic E-state index is 5.44. The van der Waals surface area contributed by atoms with Gasteiger partial charge in [-0.1, -0.05) is 12.1 Å². The van der Waals surface area contributed by atoms with Crippen LogP contribution in [0.15, 0.2) is 18.2 Å². The maximum Gasteiger partial charge on any atom is 0.178 e. The van der Waals surface area contributed by atoms with Gasteiger partial charge in [0.1, 0.15) is 0 Å². The molecule has 4 heteroatoms. The number of fused-ring (bicyclic) bond motifs is 1. The number of rotatable bonds is 3. The van der Waals surface area contributed by atoms with Crippen LogP contribution in [0.25, 0.3) is 11.0 Å². The van der Waals surface area contributed by atoms with Gasteiger partial charge in [-0.15, -0.1) is 0 Å². The van der Waals surface area contributed by atoms with E-state index in [2.05, 4.69) is 39.6 Å². The standard InChI is InChI=1S/C14H19N3S/c1-11-5-4-6-12-13(11)17(14(18)15-12)10-9-16-7-2-3-8-16/h4-6H,2-3,7-10H2,1H3,(H,15,18). The van der Waals surface area contributed by atoms with Crippen molar-refractivity contribution in [2.24, 2.45) is 0 Å². The number of para-hydroxylation sites is 1. The van der Waals surface area contributed by atoms with Gasteiger partial charge in [0.15, 0.2) is 4.77 Å². The molecule has 1 N–H and O–H groups in total. The van der Waals surface area contributed by atoms with E-state index in [0.29, 0.717) is 0 Å². The van der Waals surface area contributed by atoms with Crippen LogP contribution >= 0.6 is 12.2 Å². The zero-order valence-corrected chi connectivity index (χ0v) is 11.6. The summed E-state index contributed by atoms with van der Waals surface area (Å²) >= 11 is 5.44. The van der Waals surface area contributed by atoms with Crippen molar-refractivity contribution in [1.29, 1.82) is 0 Å². The topological polar surface area (TPSA) is 24.0 Å². The number of aryl methyl sites for hydroxylation is 1. The van der Waals surface area contributed by atoms with E-state index in [4.69, 9.17) is 12.2 Å². The lowest BCUT2D eigenvalue weighted by atomic mass is 10.2. The van der Waals surface area contributed by atoms with Gasteiger partial charge in [0, 0.05) is 13.1 Å². The lowest BCUT2D eigenvalue weighted by Gasteiger charge is -2.15. The third-order valence-electron chi connectivity index (χ3n) is 3.83. The summed E-state index contributed by atoms with van der Waals surface area (Å²) in [5.41, 5.74) is 3.71. The molecule has 2 heterocycles. The molecule has 1 saturated heterocycles. The van der Waals surface area contributed by atoms with Gasteiger partial charge in [-0.05, 0) is 56.7 Å². The quantitative estimate of drug-likeness (QED) is 0.858. The lowest BCUT2D eigenvalue weighted by Crippen LogP contribution is -2.24. The molecule has 1 fully saturated rings. The van der Waals surface area contributed by atoms with Gasteiger partial charge < -0.3 is 14.5 Å². The van der Waals surface area contributed by atoms with Gasteiger partial charge in [0.25, 0.3) is 0 Å². The van der Waals surface area contributed by atoms with Gasteiger partial charge in [-0.2, -0.15) is 0 Å². The van der Waals surface area contributed by atoms with E-state index in [1.165, 1.54) is 37.0 Å². The van der Waals surface area contributed by atoms with Crippen LogP contribution in [0, 0.1) is 11.7 Å². The first-order chi connectivity index (χ1) is 8.75. The molecule has 0 saturated carbocycles. The average molecular weight is 261 g/mol. The van der Waals surface area contributed by atoms with Crippen LogP contribution < -0.4 is 0 Å². The summed E-state index contributed by atoms with van der Waals surface area (Å²) < 4.78 is 3.09. The van der Waals surface area contributed by atoms with Crippen LogP contribution in [0.4, 0.5) is 0 Å². The van der Waals surface area contributed by atoms with Gasteiger partial charge >= 0.3 is 0 Å². The second-order valence-corrected chi connectivity index (χ2v) is 5.49. The Kier molecular flexibility index (Phi) is 3.22. The van der Waals surface area contributed by atoms with Gasteiger partial charge in [-0.25, -0.2) is 0 Å². The summed E-state index contributed by atoms with van der Waals surface area (Å²) in [4.78, 5) is 5.83. The normalized spacial score (nSPS) is 16.7. The fourth-order valence-corrected chi connectivity index (χ4v) is 3.16. The summed E-state index contributed by atoms with van der Waals surface area (Å²) in [6.07, 6.45) is 2.69. The summed E-state index contributed by atoms with van der Waals surface area (Å²) in [6.45, 7) is 6.74. The number of nitrogens with zero attached hydrogens (tertiary/aromatic N) is 2. The minimum atomic E-state index is 0.846. The van der Waals surface area contributed by atoms with Crippen LogP contribution in [-0.4, -0.2) is 34.1 Å². The molecule has 0 aliphatic carbocycles. The number of nitrogens with one attached hydrogen (secondary N) is 1. The molecule has 2 aromatic rings. The highest BCUT2D eigenvalue weighted by atomic mass is 32.1. The highest BCUT2D eigenvalue weighted by molar-refractivity contribution is 7.71. The van der Waals surface area contributed by atoms with Crippen molar-refractivity contribution >= 4 is 23.3 Å². The number of hydrogen-bond acceptors (Lipinski definition) is 2. The second-order valence-electron chi connectivity index (χ2n) is 5.10. The Balaban J connectivity index is 1.90. The highest BCUT2D eigenvalue weighted by Gasteiger charge is 2.12. The molecule has 1 aromatic carbocycles. The van der Waals surface area contributed by atoms with E-state index >= 15 is 0 Å².